The van der Waals surface area contributed by atoms with Gasteiger partial charge < -0.3 is 16.0 Å². The van der Waals surface area contributed by atoms with Crippen molar-refractivity contribution in [1.82, 2.24) is 10.2 Å². The predicted octanol–water partition coefficient (Wildman–Crippen LogP) is 1.35. The molecule has 1 aliphatic carbocycles. The molecule has 1 spiro atoms. The van der Waals surface area contributed by atoms with Crippen LogP contribution in [-0.4, -0.2) is 43.5 Å². The number of hydrogen-bond donors (Lipinski definition) is 2. The van der Waals surface area contributed by atoms with Gasteiger partial charge in [0.15, 0.2) is 0 Å². The van der Waals surface area contributed by atoms with Crippen molar-refractivity contribution < 1.29 is 4.79 Å². The third-order valence-electron chi connectivity index (χ3n) is 4.57. The number of rotatable bonds is 8. The van der Waals surface area contributed by atoms with Gasteiger partial charge in [0.25, 0.3) is 0 Å². The maximum Gasteiger partial charge on any atom is 0.223 e. The first-order chi connectivity index (χ1) is 9.19. The molecule has 3 N–H and O–H groups in total. The van der Waals surface area contributed by atoms with Crippen molar-refractivity contribution in [3.05, 3.63) is 0 Å². The van der Waals surface area contributed by atoms with Crippen LogP contribution in [0, 0.1) is 11.3 Å². The van der Waals surface area contributed by atoms with E-state index in [0.717, 1.165) is 45.2 Å². The van der Waals surface area contributed by atoms with E-state index in [1.807, 2.05) is 0 Å². The Kier molecular flexibility index (Phi) is 5.22. The minimum Gasteiger partial charge on any atom is -0.356 e. The normalized spacial score (nSPS) is 22.0. The van der Waals surface area contributed by atoms with Crippen LogP contribution in [0.5, 0.6) is 0 Å². The number of carbonyl (C=O) groups is 1. The molecule has 0 aromatic rings. The zero-order chi connectivity index (χ0) is 13.7. The summed E-state index contributed by atoms with van der Waals surface area (Å²) < 4.78 is 0. The smallest absolute Gasteiger partial charge is 0.223 e. The Balaban J connectivity index is 1.53. The molecular weight excluding hydrogens is 238 g/mol. The molecule has 0 radical (unpaired) electrons. The minimum atomic E-state index is 0.285. The van der Waals surface area contributed by atoms with Gasteiger partial charge >= 0.3 is 0 Å². The van der Waals surface area contributed by atoms with Gasteiger partial charge in [-0.15, -0.1) is 0 Å². The lowest BCUT2D eigenvalue weighted by atomic mass is 9.57. The van der Waals surface area contributed by atoms with Crippen molar-refractivity contribution in [2.45, 2.75) is 45.4 Å². The van der Waals surface area contributed by atoms with Crippen molar-refractivity contribution in [2.24, 2.45) is 17.1 Å². The first kappa shape index (κ1) is 14.8. The molecule has 2 rings (SSSR count). The number of nitrogens with zero attached hydrogens (tertiary/aromatic N) is 1. The fraction of sp³-hybridized carbons (Fsp3) is 0.933. The van der Waals surface area contributed by atoms with Crippen molar-refractivity contribution in [3.8, 4) is 0 Å². The van der Waals surface area contributed by atoms with Crippen molar-refractivity contribution in [3.63, 3.8) is 0 Å². The number of nitrogens with two attached hydrogens (primary N) is 1. The van der Waals surface area contributed by atoms with Gasteiger partial charge in [0.2, 0.25) is 5.91 Å². The van der Waals surface area contributed by atoms with Gasteiger partial charge in [0.05, 0.1) is 0 Å². The second kappa shape index (κ2) is 6.71. The van der Waals surface area contributed by atoms with Crippen LogP contribution < -0.4 is 11.1 Å². The zero-order valence-corrected chi connectivity index (χ0v) is 12.3. The third-order valence-corrected chi connectivity index (χ3v) is 4.57. The summed E-state index contributed by atoms with van der Waals surface area (Å²) in [6, 6.07) is 0. The minimum absolute atomic E-state index is 0.285. The lowest BCUT2D eigenvalue weighted by Crippen LogP contribution is -2.63. The van der Waals surface area contributed by atoms with Crippen LogP contribution in [0.2, 0.25) is 0 Å². The van der Waals surface area contributed by atoms with Gasteiger partial charge in [0, 0.05) is 25.6 Å². The Hall–Kier alpha value is -0.610. The maximum absolute atomic E-state index is 11.9. The first-order valence-electron chi connectivity index (χ1n) is 7.89. The number of carbonyl (C=O) groups excluding carboxylic acids is 1. The molecule has 1 saturated carbocycles. The quantitative estimate of drug-likeness (QED) is 0.653. The molecule has 0 atom stereocenters. The Morgan fingerprint density at radius 1 is 1.32 bits per heavy atom. The van der Waals surface area contributed by atoms with E-state index in [1.165, 1.54) is 26.1 Å². The number of unbranched alkanes of at least 4 members (excludes halogenated alkanes) is 2. The van der Waals surface area contributed by atoms with Gasteiger partial charge in [-0.05, 0) is 50.6 Å². The van der Waals surface area contributed by atoms with Crippen LogP contribution in [0.1, 0.15) is 45.4 Å². The fourth-order valence-corrected chi connectivity index (χ4v) is 3.61. The number of hydrogen-bond acceptors (Lipinski definition) is 3. The molecule has 0 aromatic heterocycles. The molecule has 1 amide bonds. The van der Waals surface area contributed by atoms with E-state index in [4.69, 9.17) is 5.73 Å². The monoisotopic (exact) mass is 267 g/mol. The van der Waals surface area contributed by atoms with E-state index in [9.17, 15) is 4.79 Å². The second-order valence-electron chi connectivity index (χ2n) is 6.46. The molecule has 2 fully saturated rings. The number of amides is 1. The summed E-state index contributed by atoms with van der Waals surface area (Å²) in [6.07, 6.45) is 6.71. The van der Waals surface area contributed by atoms with Crippen LogP contribution in [0.4, 0.5) is 0 Å². The average molecular weight is 267 g/mol. The van der Waals surface area contributed by atoms with Crippen molar-refractivity contribution >= 4 is 5.91 Å². The van der Waals surface area contributed by atoms with Gasteiger partial charge in [-0.1, -0.05) is 13.3 Å². The van der Waals surface area contributed by atoms with E-state index < -0.39 is 0 Å². The lowest BCUT2D eigenvalue weighted by Gasteiger charge is -2.58. The van der Waals surface area contributed by atoms with Crippen LogP contribution in [0.3, 0.4) is 0 Å². The molecule has 0 aromatic carbocycles. The summed E-state index contributed by atoms with van der Waals surface area (Å²) in [5.41, 5.74) is 5.95. The van der Waals surface area contributed by atoms with Crippen LogP contribution in [0.25, 0.3) is 0 Å². The van der Waals surface area contributed by atoms with E-state index in [-0.39, 0.29) is 5.91 Å². The highest BCUT2D eigenvalue weighted by atomic mass is 16.1. The molecule has 1 aliphatic heterocycles. The number of nitrogens with one attached hydrogen (secondary N) is 1. The Morgan fingerprint density at radius 3 is 2.68 bits per heavy atom. The van der Waals surface area contributed by atoms with Gasteiger partial charge in [-0.3, -0.25) is 4.79 Å². The summed E-state index contributed by atoms with van der Waals surface area (Å²) in [5.74, 6) is 0.575. The Morgan fingerprint density at radius 2 is 2.05 bits per heavy atom. The van der Waals surface area contributed by atoms with Crippen molar-refractivity contribution in [2.75, 3.05) is 32.7 Å². The SMILES string of the molecule is CCCN1CC2(CC(C(=O)NCCCCCN)C2)C1. The van der Waals surface area contributed by atoms with E-state index in [1.54, 1.807) is 0 Å². The standard InChI is InChI=1S/C15H29N3O/c1-2-8-18-11-15(12-18)9-13(10-15)14(19)17-7-5-3-4-6-16/h13H,2-12,16H2,1H3,(H,17,19). The molecule has 110 valence electrons. The predicted molar refractivity (Wildman–Crippen MR) is 77.8 cm³/mol. The molecular formula is C15H29N3O. The zero-order valence-electron chi connectivity index (χ0n) is 12.3. The highest BCUT2D eigenvalue weighted by molar-refractivity contribution is 5.79. The molecule has 0 unspecified atom stereocenters. The van der Waals surface area contributed by atoms with Crippen LogP contribution >= 0.6 is 0 Å². The van der Waals surface area contributed by atoms with Gasteiger partial charge in [0.1, 0.15) is 0 Å². The topological polar surface area (TPSA) is 58.4 Å². The fourth-order valence-electron chi connectivity index (χ4n) is 3.61. The highest BCUT2D eigenvalue weighted by Crippen LogP contribution is 2.51. The molecule has 19 heavy (non-hydrogen) atoms. The largest absolute Gasteiger partial charge is 0.356 e. The average Bonchev–Trinajstić information content (AvgIpc) is 2.30. The first-order valence-corrected chi connectivity index (χ1v) is 7.89. The Labute approximate surface area is 117 Å². The van der Waals surface area contributed by atoms with Crippen LogP contribution in [0.15, 0.2) is 0 Å². The van der Waals surface area contributed by atoms with E-state index in [2.05, 4.69) is 17.1 Å². The van der Waals surface area contributed by atoms with E-state index in [0.29, 0.717) is 11.3 Å². The Bertz CT molecular complexity index is 292. The molecule has 0 bridgehead atoms. The second-order valence-corrected chi connectivity index (χ2v) is 6.46. The summed E-state index contributed by atoms with van der Waals surface area (Å²) >= 11 is 0. The molecule has 1 saturated heterocycles. The lowest BCUT2D eigenvalue weighted by molar-refractivity contribution is -0.144. The highest BCUT2D eigenvalue weighted by Gasteiger charge is 2.53. The van der Waals surface area contributed by atoms with Crippen LogP contribution in [-0.2, 0) is 4.79 Å². The van der Waals surface area contributed by atoms with Gasteiger partial charge in [-0.2, -0.15) is 0 Å². The molecule has 1 heterocycles. The number of likely N-dealkylation sites (tertiary alicyclic amines) is 1. The maximum atomic E-state index is 11.9. The van der Waals surface area contributed by atoms with E-state index >= 15 is 0 Å². The summed E-state index contributed by atoms with van der Waals surface area (Å²) in [5, 5.41) is 3.07. The van der Waals surface area contributed by atoms with Crippen molar-refractivity contribution in [1.29, 1.82) is 0 Å². The molecule has 4 heteroatoms. The summed E-state index contributed by atoms with van der Waals surface area (Å²) in [7, 11) is 0. The third kappa shape index (κ3) is 3.69. The molecule has 4 nitrogen and oxygen atoms in total. The summed E-state index contributed by atoms with van der Waals surface area (Å²) in [6.45, 7) is 7.48. The molecule has 2 aliphatic rings. The van der Waals surface area contributed by atoms with Gasteiger partial charge in [-0.25, -0.2) is 0 Å². The summed E-state index contributed by atoms with van der Waals surface area (Å²) in [4.78, 5) is 14.5.